The Morgan fingerprint density at radius 2 is 1.33 bits per heavy atom. The molecule has 0 amide bonds. The summed E-state index contributed by atoms with van der Waals surface area (Å²) in [5.41, 5.74) is 5.79. The molecule has 3 aromatic carbocycles. The van der Waals surface area contributed by atoms with Gasteiger partial charge in [-0.3, -0.25) is 0 Å². The van der Waals surface area contributed by atoms with Gasteiger partial charge in [0.2, 0.25) is 5.95 Å². The summed E-state index contributed by atoms with van der Waals surface area (Å²) in [5, 5.41) is 7.80. The number of benzene rings is 3. The van der Waals surface area contributed by atoms with Crippen LogP contribution in [-0.4, -0.2) is 14.8 Å². The van der Waals surface area contributed by atoms with Crippen LogP contribution in [0.3, 0.4) is 0 Å². The van der Waals surface area contributed by atoms with Crippen molar-refractivity contribution in [2.75, 3.05) is 5.32 Å². The summed E-state index contributed by atoms with van der Waals surface area (Å²) >= 11 is 0. The summed E-state index contributed by atoms with van der Waals surface area (Å²) in [6.45, 7) is 0. The smallest absolute Gasteiger partial charge is 0.226 e. The highest BCUT2D eigenvalue weighted by Gasteiger charge is 2.23. The summed E-state index contributed by atoms with van der Waals surface area (Å²) in [5.74, 6) is 0.758. The molecule has 1 N–H and O–H groups in total. The van der Waals surface area contributed by atoms with E-state index in [9.17, 15) is 0 Å². The molecule has 27 heavy (non-hydrogen) atoms. The zero-order chi connectivity index (χ0) is 18.1. The molecule has 0 saturated carbocycles. The van der Waals surface area contributed by atoms with Crippen LogP contribution in [0, 0.1) is 0 Å². The molecular formula is C23H18N4. The first-order valence-corrected chi connectivity index (χ1v) is 8.98. The summed E-state index contributed by atoms with van der Waals surface area (Å²) in [6.07, 6.45) is 3.79. The fourth-order valence-electron chi connectivity index (χ4n) is 3.46. The number of nitrogens with zero attached hydrogens (tertiary/aromatic N) is 3. The van der Waals surface area contributed by atoms with Gasteiger partial charge in [0.15, 0.2) is 0 Å². The van der Waals surface area contributed by atoms with Gasteiger partial charge < -0.3 is 5.32 Å². The molecule has 1 atom stereocenters. The van der Waals surface area contributed by atoms with E-state index in [2.05, 4.69) is 94.3 Å². The number of allylic oxidation sites excluding steroid dienone is 1. The molecule has 0 bridgehead atoms. The van der Waals surface area contributed by atoms with Gasteiger partial charge in [-0.25, -0.2) is 4.68 Å². The van der Waals surface area contributed by atoms with Crippen molar-refractivity contribution in [2.24, 2.45) is 0 Å². The van der Waals surface area contributed by atoms with E-state index in [0.717, 1.165) is 17.2 Å². The predicted octanol–water partition coefficient (Wildman–Crippen LogP) is 5.00. The lowest BCUT2D eigenvalue weighted by molar-refractivity contribution is 0.612. The molecule has 1 aromatic heterocycles. The van der Waals surface area contributed by atoms with Crippen LogP contribution in [0.25, 0.3) is 16.8 Å². The van der Waals surface area contributed by atoms with Crippen molar-refractivity contribution in [1.82, 2.24) is 14.8 Å². The van der Waals surface area contributed by atoms with Gasteiger partial charge in [-0.2, -0.15) is 10.1 Å². The molecule has 1 aliphatic heterocycles. The Bertz CT molecular complexity index is 1080. The van der Waals surface area contributed by atoms with Gasteiger partial charge in [-0.15, -0.1) is 0 Å². The Kier molecular flexibility index (Phi) is 3.79. The minimum Gasteiger partial charge on any atom is -0.324 e. The van der Waals surface area contributed by atoms with Crippen LogP contribution < -0.4 is 5.32 Å². The Balaban J connectivity index is 1.52. The van der Waals surface area contributed by atoms with Crippen LogP contribution in [0.4, 0.5) is 5.95 Å². The van der Waals surface area contributed by atoms with E-state index in [4.69, 9.17) is 0 Å². The topological polar surface area (TPSA) is 42.7 Å². The van der Waals surface area contributed by atoms with Gasteiger partial charge in [-0.05, 0) is 28.3 Å². The average Bonchev–Trinajstić information content (AvgIpc) is 3.23. The van der Waals surface area contributed by atoms with Crippen molar-refractivity contribution >= 4 is 11.6 Å². The maximum Gasteiger partial charge on any atom is 0.226 e. The molecule has 130 valence electrons. The van der Waals surface area contributed by atoms with E-state index in [1.54, 1.807) is 6.33 Å². The van der Waals surface area contributed by atoms with Gasteiger partial charge in [-0.1, -0.05) is 84.9 Å². The Morgan fingerprint density at radius 3 is 2.07 bits per heavy atom. The zero-order valence-electron chi connectivity index (χ0n) is 14.7. The standard InChI is InChI=1S/C23H18N4/c1-3-7-17(8-4-1)18-11-13-19(14-12-18)21-15-22(20-9-5-2-6-10-20)27-23(26-21)24-16-25-27/h1-16,22H,(H,24,25,26)/t22-/m1/s1. The Morgan fingerprint density at radius 1 is 0.704 bits per heavy atom. The molecule has 4 nitrogen and oxygen atoms in total. The molecule has 2 heterocycles. The minimum absolute atomic E-state index is 0.0220. The normalized spacial score (nSPS) is 15.6. The van der Waals surface area contributed by atoms with Gasteiger partial charge >= 0.3 is 0 Å². The van der Waals surface area contributed by atoms with Crippen LogP contribution in [-0.2, 0) is 0 Å². The molecule has 4 heteroatoms. The second-order valence-electron chi connectivity index (χ2n) is 6.53. The quantitative estimate of drug-likeness (QED) is 0.565. The van der Waals surface area contributed by atoms with Gasteiger partial charge in [0, 0.05) is 5.70 Å². The largest absolute Gasteiger partial charge is 0.324 e. The maximum absolute atomic E-state index is 4.39. The summed E-state index contributed by atoms with van der Waals surface area (Å²) < 4.78 is 1.91. The summed E-state index contributed by atoms with van der Waals surface area (Å²) in [4.78, 5) is 4.37. The van der Waals surface area contributed by atoms with E-state index in [-0.39, 0.29) is 6.04 Å². The highest BCUT2D eigenvalue weighted by Crippen LogP contribution is 2.32. The molecule has 5 rings (SSSR count). The van der Waals surface area contributed by atoms with E-state index >= 15 is 0 Å². The molecule has 1 aliphatic rings. The van der Waals surface area contributed by atoms with Crippen LogP contribution in [0.5, 0.6) is 0 Å². The van der Waals surface area contributed by atoms with Crippen molar-refractivity contribution in [3.05, 3.63) is 108 Å². The lowest BCUT2D eigenvalue weighted by Gasteiger charge is -2.24. The fourth-order valence-corrected chi connectivity index (χ4v) is 3.46. The Labute approximate surface area is 157 Å². The van der Waals surface area contributed by atoms with E-state index in [1.807, 2.05) is 16.8 Å². The summed E-state index contributed by atoms with van der Waals surface area (Å²) in [6, 6.07) is 29.4. The SMILES string of the molecule is C1=C(c2ccc(-c3ccccc3)cc2)Nc2ncnn2[C@H]1c1ccccc1. The van der Waals surface area contributed by atoms with Crippen molar-refractivity contribution in [3.63, 3.8) is 0 Å². The van der Waals surface area contributed by atoms with Crippen molar-refractivity contribution in [3.8, 4) is 11.1 Å². The number of hydrogen-bond acceptors (Lipinski definition) is 3. The zero-order valence-corrected chi connectivity index (χ0v) is 14.7. The average molecular weight is 350 g/mol. The fraction of sp³-hybridized carbons (Fsp3) is 0.0435. The van der Waals surface area contributed by atoms with Gasteiger partial charge in [0.25, 0.3) is 0 Å². The number of fused-ring (bicyclic) bond motifs is 1. The van der Waals surface area contributed by atoms with Gasteiger partial charge in [0.05, 0.1) is 0 Å². The summed E-state index contributed by atoms with van der Waals surface area (Å²) in [7, 11) is 0. The second kappa shape index (κ2) is 6.57. The highest BCUT2D eigenvalue weighted by atomic mass is 15.4. The molecule has 0 fully saturated rings. The minimum atomic E-state index is 0.0220. The first-order chi connectivity index (χ1) is 13.4. The molecule has 0 aliphatic carbocycles. The van der Waals surface area contributed by atoms with E-state index < -0.39 is 0 Å². The molecule has 0 unspecified atom stereocenters. The molecule has 0 spiro atoms. The van der Waals surface area contributed by atoms with Crippen LogP contribution in [0.15, 0.2) is 97.3 Å². The van der Waals surface area contributed by atoms with Crippen LogP contribution in [0.2, 0.25) is 0 Å². The number of anilines is 1. The molecule has 4 aromatic rings. The monoisotopic (exact) mass is 350 g/mol. The van der Waals surface area contributed by atoms with E-state index in [1.165, 1.54) is 16.7 Å². The number of nitrogens with one attached hydrogen (secondary N) is 1. The third-order valence-electron chi connectivity index (χ3n) is 4.85. The molecular weight excluding hydrogens is 332 g/mol. The Hall–Kier alpha value is -3.66. The van der Waals surface area contributed by atoms with Crippen molar-refractivity contribution in [1.29, 1.82) is 0 Å². The first kappa shape index (κ1) is 15.6. The lowest BCUT2D eigenvalue weighted by atomic mass is 9.99. The highest BCUT2D eigenvalue weighted by molar-refractivity contribution is 5.78. The lowest BCUT2D eigenvalue weighted by Crippen LogP contribution is -2.20. The molecule has 0 saturated heterocycles. The van der Waals surface area contributed by atoms with Crippen molar-refractivity contribution < 1.29 is 0 Å². The third kappa shape index (κ3) is 2.91. The first-order valence-electron chi connectivity index (χ1n) is 8.98. The number of hydrogen-bond donors (Lipinski definition) is 1. The van der Waals surface area contributed by atoms with Gasteiger partial charge in [0.1, 0.15) is 12.4 Å². The maximum atomic E-state index is 4.39. The molecule has 0 radical (unpaired) electrons. The third-order valence-corrected chi connectivity index (χ3v) is 4.85. The number of aromatic nitrogens is 3. The van der Waals surface area contributed by atoms with Crippen molar-refractivity contribution in [2.45, 2.75) is 6.04 Å². The van der Waals surface area contributed by atoms with E-state index in [0.29, 0.717) is 0 Å². The predicted molar refractivity (Wildman–Crippen MR) is 108 cm³/mol. The number of rotatable bonds is 3. The van der Waals surface area contributed by atoms with Crippen LogP contribution in [0.1, 0.15) is 17.2 Å². The second-order valence-corrected chi connectivity index (χ2v) is 6.53. The van der Waals surface area contributed by atoms with Crippen LogP contribution >= 0.6 is 0 Å².